The summed E-state index contributed by atoms with van der Waals surface area (Å²) in [4.78, 5) is 29.0. The molecule has 0 spiro atoms. The second-order valence-electron chi connectivity index (χ2n) is 7.79. The molecule has 0 aliphatic carbocycles. The molecule has 0 saturated carbocycles. The van der Waals surface area contributed by atoms with Crippen LogP contribution in [0, 0.1) is 5.82 Å². The third-order valence-electron chi connectivity index (χ3n) is 5.10. The van der Waals surface area contributed by atoms with Gasteiger partial charge in [0.1, 0.15) is 28.4 Å². The fraction of sp³-hybridized carbons (Fsp3) is 0.409. The standard InChI is InChI=1S/C22H24ClFN2O4/c1-5-17(27)16-10-12(8-9-25-16)26-21(28)20-14(11-22(2,3)30-20)13-6-7-15(24)18(23)19(13)29-4/h6-10,14,20H,5,11H2,1-4H3,(H,25,26,28)/t14-,20+/m0/s1. The molecular formula is C22H24ClFN2O4. The van der Waals surface area contributed by atoms with Gasteiger partial charge in [0.25, 0.3) is 5.91 Å². The number of carbonyl (C=O) groups excluding carboxylic acids is 2. The molecular weight excluding hydrogens is 411 g/mol. The van der Waals surface area contributed by atoms with E-state index >= 15 is 0 Å². The molecule has 3 rings (SSSR count). The second kappa shape index (κ2) is 8.70. The van der Waals surface area contributed by atoms with Crippen LogP contribution in [0.3, 0.4) is 0 Å². The first-order valence-electron chi connectivity index (χ1n) is 9.66. The summed E-state index contributed by atoms with van der Waals surface area (Å²) in [6, 6.07) is 5.97. The van der Waals surface area contributed by atoms with E-state index in [9.17, 15) is 14.0 Å². The molecule has 30 heavy (non-hydrogen) atoms. The Hall–Kier alpha value is -2.51. The first-order valence-corrected chi connectivity index (χ1v) is 10.0. The number of halogens is 2. The van der Waals surface area contributed by atoms with Crippen LogP contribution in [0.4, 0.5) is 10.1 Å². The van der Waals surface area contributed by atoms with E-state index in [2.05, 4.69) is 10.3 Å². The predicted molar refractivity (Wildman–Crippen MR) is 112 cm³/mol. The minimum atomic E-state index is -0.853. The Labute approximate surface area is 179 Å². The molecule has 1 aromatic carbocycles. The highest BCUT2D eigenvalue weighted by Crippen LogP contribution is 2.46. The number of amides is 1. The van der Waals surface area contributed by atoms with Crippen molar-refractivity contribution in [3.05, 3.63) is 52.6 Å². The van der Waals surface area contributed by atoms with Crippen LogP contribution in [0.25, 0.3) is 0 Å². The first-order chi connectivity index (χ1) is 14.2. The van der Waals surface area contributed by atoms with E-state index in [1.165, 1.54) is 25.4 Å². The van der Waals surface area contributed by atoms with E-state index in [0.717, 1.165) is 0 Å². The minimum Gasteiger partial charge on any atom is -0.495 e. The maximum absolute atomic E-state index is 13.9. The Morgan fingerprint density at radius 3 is 2.77 bits per heavy atom. The van der Waals surface area contributed by atoms with Gasteiger partial charge in [-0.15, -0.1) is 0 Å². The van der Waals surface area contributed by atoms with Crippen molar-refractivity contribution in [2.75, 3.05) is 12.4 Å². The van der Waals surface area contributed by atoms with Gasteiger partial charge in [-0.05, 0) is 38.5 Å². The zero-order valence-electron chi connectivity index (χ0n) is 17.3. The van der Waals surface area contributed by atoms with Gasteiger partial charge < -0.3 is 14.8 Å². The second-order valence-corrected chi connectivity index (χ2v) is 8.17. The van der Waals surface area contributed by atoms with E-state index < -0.39 is 23.4 Å². The fourth-order valence-corrected chi connectivity index (χ4v) is 3.97. The van der Waals surface area contributed by atoms with Crippen molar-refractivity contribution in [1.82, 2.24) is 4.98 Å². The van der Waals surface area contributed by atoms with Crippen molar-refractivity contribution in [3.8, 4) is 5.75 Å². The molecule has 1 aliphatic heterocycles. The van der Waals surface area contributed by atoms with Crippen molar-refractivity contribution >= 4 is 29.0 Å². The molecule has 160 valence electrons. The summed E-state index contributed by atoms with van der Waals surface area (Å²) in [5.41, 5.74) is 0.751. The molecule has 0 radical (unpaired) electrons. The molecule has 1 amide bonds. The van der Waals surface area contributed by atoms with Crippen LogP contribution in [0.5, 0.6) is 5.75 Å². The normalized spacial score (nSPS) is 20.1. The topological polar surface area (TPSA) is 77.5 Å². The number of ketones is 1. The highest BCUT2D eigenvalue weighted by atomic mass is 35.5. The number of Topliss-reactive ketones (excluding diaryl/α,β-unsaturated/α-hetero) is 1. The number of ether oxygens (including phenoxy) is 2. The van der Waals surface area contributed by atoms with E-state index in [-0.39, 0.29) is 28.2 Å². The SMILES string of the molecule is CCC(=O)c1cc(NC(=O)[C@@H]2OC(C)(C)C[C@H]2c2ccc(F)c(Cl)c2OC)ccn1. The third-order valence-corrected chi connectivity index (χ3v) is 5.45. The van der Waals surface area contributed by atoms with Crippen molar-refractivity contribution in [2.24, 2.45) is 0 Å². The molecule has 8 heteroatoms. The monoisotopic (exact) mass is 434 g/mol. The van der Waals surface area contributed by atoms with Crippen LogP contribution in [-0.4, -0.2) is 35.5 Å². The van der Waals surface area contributed by atoms with Crippen molar-refractivity contribution in [3.63, 3.8) is 0 Å². The van der Waals surface area contributed by atoms with Crippen molar-refractivity contribution in [1.29, 1.82) is 0 Å². The van der Waals surface area contributed by atoms with Gasteiger partial charge in [0.2, 0.25) is 0 Å². The maximum Gasteiger partial charge on any atom is 0.254 e. The van der Waals surface area contributed by atoms with Crippen molar-refractivity contribution < 1.29 is 23.5 Å². The average Bonchev–Trinajstić information content (AvgIpc) is 3.05. The number of pyridine rings is 1. The molecule has 0 unspecified atom stereocenters. The summed E-state index contributed by atoms with van der Waals surface area (Å²) in [5, 5.41) is 2.67. The summed E-state index contributed by atoms with van der Waals surface area (Å²) in [6.45, 7) is 5.51. The molecule has 2 heterocycles. The number of rotatable bonds is 6. The zero-order chi connectivity index (χ0) is 22.1. The number of hydrogen-bond acceptors (Lipinski definition) is 5. The number of carbonyl (C=O) groups is 2. The quantitative estimate of drug-likeness (QED) is 0.663. The fourth-order valence-electron chi connectivity index (χ4n) is 3.72. The number of anilines is 1. The lowest BCUT2D eigenvalue weighted by atomic mass is 9.87. The van der Waals surface area contributed by atoms with Gasteiger partial charge in [0, 0.05) is 29.8 Å². The van der Waals surface area contributed by atoms with Gasteiger partial charge in [0.15, 0.2) is 5.78 Å². The van der Waals surface area contributed by atoms with E-state index in [4.69, 9.17) is 21.1 Å². The molecule has 2 aromatic rings. The summed E-state index contributed by atoms with van der Waals surface area (Å²) in [7, 11) is 1.41. The summed E-state index contributed by atoms with van der Waals surface area (Å²) in [6.07, 6.45) is 1.45. The number of hydrogen-bond donors (Lipinski definition) is 1. The summed E-state index contributed by atoms with van der Waals surface area (Å²) in [5.74, 6) is -1.30. The number of nitrogens with one attached hydrogen (secondary N) is 1. The number of nitrogens with zero attached hydrogens (tertiary/aromatic N) is 1. The van der Waals surface area contributed by atoms with Crippen LogP contribution >= 0.6 is 11.6 Å². The largest absolute Gasteiger partial charge is 0.495 e. The van der Waals surface area contributed by atoms with Crippen LogP contribution in [0.15, 0.2) is 30.5 Å². The zero-order valence-corrected chi connectivity index (χ0v) is 18.0. The average molecular weight is 435 g/mol. The minimum absolute atomic E-state index is 0.118. The number of aromatic nitrogens is 1. The van der Waals surface area contributed by atoms with Gasteiger partial charge >= 0.3 is 0 Å². The molecule has 1 aromatic heterocycles. The number of benzene rings is 1. The summed E-state index contributed by atoms with van der Waals surface area (Å²) < 4.78 is 25.3. The Morgan fingerprint density at radius 2 is 2.10 bits per heavy atom. The molecule has 1 aliphatic rings. The van der Waals surface area contributed by atoms with Crippen LogP contribution < -0.4 is 10.1 Å². The molecule has 1 N–H and O–H groups in total. The highest BCUT2D eigenvalue weighted by Gasteiger charge is 2.46. The van der Waals surface area contributed by atoms with Crippen LogP contribution in [0.2, 0.25) is 5.02 Å². The lowest BCUT2D eigenvalue weighted by Crippen LogP contribution is -2.33. The number of methoxy groups -OCH3 is 1. The summed E-state index contributed by atoms with van der Waals surface area (Å²) >= 11 is 6.09. The maximum atomic E-state index is 13.9. The highest BCUT2D eigenvalue weighted by molar-refractivity contribution is 6.32. The van der Waals surface area contributed by atoms with Gasteiger partial charge in [-0.3, -0.25) is 14.6 Å². The van der Waals surface area contributed by atoms with Gasteiger partial charge in [-0.25, -0.2) is 4.39 Å². The molecule has 1 fully saturated rings. The lowest BCUT2D eigenvalue weighted by molar-refractivity contribution is -0.130. The van der Waals surface area contributed by atoms with Gasteiger partial charge in [-0.2, -0.15) is 0 Å². The first kappa shape index (κ1) is 22.2. The van der Waals surface area contributed by atoms with Crippen LogP contribution in [0.1, 0.15) is 55.6 Å². The van der Waals surface area contributed by atoms with Gasteiger partial charge in [-0.1, -0.05) is 24.6 Å². The molecule has 6 nitrogen and oxygen atoms in total. The van der Waals surface area contributed by atoms with Gasteiger partial charge in [0.05, 0.1) is 12.7 Å². The van der Waals surface area contributed by atoms with E-state index in [1.54, 1.807) is 19.1 Å². The van der Waals surface area contributed by atoms with E-state index in [0.29, 0.717) is 24.1 Å². The Morgan fingerprint density at radius 1 is 1.37 bits per heavy atom. The third kappa shape index (κ3) is 4.47. The Bertz CT molecular complexity index is 980. The predicted octanol–water partition coefficient (Wildman–Crippen LogP) is 4.77. The van der Waals surface area contributed by atoms with Crippen molar-refractivity contribution in [2.45, 2.75) is 51.2 Å². The molecule has 0 bridgehead atoms. The lowest BCUT2D eigenvalue weighted by Gasteiger charge is -2.21. The molecule has 2 atom stereocenters. The smallest absolute Gasteiger partial charge is 0.254 e. The van der Waals surface area contributed by atoms with E-state index in [1.807, 2.05) is 13.8 Å². The Balaban J connectivity index is 1.91. The van der Waals surface area contributed by atoms with Crippen LogP contribution in [-0.2, 0) is 9.53 Å². The Kier molecular flexibility index (Phi) is 6.43. The molecule has 1 saturated heterocycles.